The SMILES string of the molecule is COc1ccc(NC(=O)CO/N=C(\N)c2cccs2)cc1Cl. The molecule has 1 aromatic carbocycles. The first-order valence-electron chi connectivity index (χ1n) is 6.23. The average Bonchev–Trinajstić information content (AvgIpc) is 3.01. The van der Waals surface area contributed by atoms with Gasteiger partial charge in [0.25, 0.3) is 5.91 Å². The number of nitrogens with one attached hydrogen (secondary N) is 1. The molecule has 0 aliphatic carbocycles. The fourth-order valence-electron chi connectivity index (χ4n) is 1.57. The molecule has 2 aromatic rings. The van der Waals surface area contributed by atoms with Gasteiger partial charge in [-0.15, -0.1) is 11.3 Å². The first-order chi connectivity index (χ1) is 10.6. The Hall–Kier alpha value is -2.25. The summed E-state index contributed by atoms with van der Waals surface area (Å²) in [5.41, 5.74) is 6.24. The lowest BCUT2D eigenvalue weighted by molar-refractivity contribution is -0.120. The zero-order valence-corrected chi connectivity index (χ0v) is 13.3. The number of ether oxygens (including phenoxy) is 1. The summed E-state index contributed by atoms with van der Waals surface area (Å²) in [5, 5.41) is 8.60. The fraction of sp³-hybridized carbons (Fsp3) is 0.143. The number of carbonyl (C=O) groups is 1. The van der Waals surface area contributed by atoms with E-state index in [0.29, 0.717) is 16.5 Å². The minimum atomic E-state index is -0.371. The lowest BCUT2D eigenvalue weighted by Crippen LogP contribution is -2.19. The van der Waals surface area contributed by atoms with Crippen molar-refractivity contribution in [3.05, 3.63) is 45.6 Å². The Morgan fingerprint density at radius 1 is 1.45 bits per heavy atom. The molecule has 0 unspecified atom stereocenters. The molecular weight excluding hydrogens is 326 g/mol. The van der Waals surface area contributed by atoms with Crippen LogP contribution in [0.25, 0.3) is 0 Å². The van der Waals surface area contributed by atoms with Gasteiger partial charge >= 0.3 is 0 Å². The van der Waals surface area contributed by atoms with Crippen LogP contribution in [0.2, 0.25) is 5.02 Å². The zero-order valence-electron chi connectivity index (χ0n) is 11.7. The van der Waals surface area contributed by atoms with E-state index in [1.165, 1.54) is 18.4 Å². The minimum Gasteiger partial charge on any atom is -0.495 e. The molecule has 8 heteroatoms. The molecule has 1 aromatic heterocycles. The van der Waals surface area contributed by atoms with Crippen molar-refractivity contribution in [3.63, 3.8) is 0 Å². The number of nitrogens with zero attached hydrogens (tertiary/aromatic N) is 1. The molecule has 3 N–H and O–H groups in total. The Balaban J connectivity index is 1.85. The molecule has 22 heavy (non-hydrogen) atoms. The molecule has 2 rings (SSSR count). The Labute approximate surface area is 136 Å². The maximum absolute atomic E-state index is 11.7. The maximum atomic E-state index is 11.7. The zero-order chi connectivity index (χ0) is 15.9. The third-order valence-corrected chi connectivity index (χ3v) is 3.76. The van der Waals surface area contributed by atoms with Crippen molar-refractivity contribution in [1.82, 2.24) is 0 Å². The second kappa shape index (κ2) is 7.67. The van der Waals surface area contributed by atoms with Crippen molar-refractivity contribution in [2.24, 2.45) is 10.9 Å². The second-order valence-electron chi connectivity index (χ2n) is 4.12. The number of rotatable bonds is 6. The Kier molecular flexibility index (Phi) is 5.62. The molecule has 1 heterocycles. The summed E-state index contributed by atoms with van der Waals surface area (Å²) in [4.78, 5) is 17.4. The van der Waals surface area contributed by atoms with Crippen molar-refractivity contribution >= 4 is 40.4 Å². The number of hydrogen-bond donors (Lipinski definition) is 2. The van der Waals surface area contributed by atoms with E-state index in [2.05, 4.69) is 10.5 Å². The molecule has 0 spiro atoms. The molecule has 0 atom stereocenters. The van der Waals surface area contributed by atoms with E-state index in [1.54, 1.807) is 18.2 Å². The minimum absolute atomic E-state index is 0.232. The highest BCUT2D eigenvalue weighted by Gasteiger charge is 2.07. The molecular formula is C14H14ClN3O3S. The highest BCUT2D eigenvalue weighted by molar-refractivity contribution is 7.12. The quantitative estimate of drug-likeness (QED) is 0.481. The predicted octanol–water partition coefficient (Wildman–Crippen LogP) is 2.69. The number of amides is 1. The van der Waals surface area contributed by atoms with Crippen molar-refractivity contribution in [2.45, 2.75) is 0 Å². The molecule has 0 fully saturated rings. The fourth-order valence-corrected chi connectivity index (χ4v) is 2.45. The van der Waals surface area contributed by atoms with Crippen LogP contribution in [0.3, 0.4) is 0 Å². The molecule has 6 nitrogen and oxygen atoms in total. The van der Waals surface area contributed by atoms with Crippen LogP contribution in [0.4, 0.5) is 5.69 Å². The summed E-state index contributed by atoms with van der Waals surface area (Å²) in [6, 6.07) is 8.58. The number of nitrogens with two attached hydrogens (primary N) is 1. The summed E-state index contributed by atoms with van der Waals surface area (Å²) < 4.78 is 5.03. The normalized spacial score (nSPS) is 11.1. The molecule has 116 valence electrons. The van der Waals surface area contributed by atoms with Gasteiger partial charge in [-0.2, -0.15) is 0 Å². The second-order valence-corrected chi connectivity index (χ2v) is 5.48. The van der Waals surface area contributed by atoms with E-state index in [-0.39, 0.29) is 18.3 Å². The third-order valence-electron chi connectivity index (χ3n) is 2.57. The first-order valence-corrected chi connectivity index (χ1v) is 7.48. The lowest BCUT2D eigenvalue weighted by Gasteiger charge is -2.07. The van der Waals surface area contributed by atoms with Gasteiger partial charge in [0.2, 0.25) is 0 Å². The number of hydrogen-bond acceptors (Lipinski definition) is 5. The van der Waals surface area contributed by atoms with Crippen molar-refractivity contribution in [3.8, 4) is 5.75 Å². The summed E-state index contributed by atoms with van der Waals surface area (Å²) in [5.74, 6) is 0.392. The summed E-state index contributed by atoms with van der Waals surface area (Å²) in [6.45, 7) is -0.254. The largest absolute Gasteiger partial charge is 0.495 e. The Morgan fingerprint density at radius 2 is 2.27 bits per heavy atom. The van der Waals surface area contributed by atoms with Gasteiger partial charge in [-0.25, -0.2) is 0 Å². The third kappa shape index (κ3) is 4.37. The standard InChI is InChI=1S/C14H14ClN3O3S/c1-20-11-5-4-9(7-10(11)15)17-13(19)8-21-18-14(16)12-3-2-6-22-12/h2-7H,8H2,1H3,(H2,16,18)(H,17,19). The first kappa shape index (κ1) is 16.1. The van der Waals surface area contributed by atoms with Crippen molar-refractivity contribution in [1.29, 1.82) is 0 Å². The number of oxime groups is 1. The van der Waals surface area contributed by atoms with Gasteiger partial charge in [-0.05, 0) is 29.6 Å². The summed E-state index contributed by atoms with van der Waals surface area (Å²) in [6.07, 6.45) is 0. The van der Waals surface area contributed by atoms with Crippen LogP contribution in [-0.4, -0.2) is 25.5 Å². The Morgan fingerprint density at radius 3 is 2.91 bits per heavy atom. The van der Waals surface area contributed by atoms with E-state index in [1.807, 2.05) is 17.5 Å². The molecule has 0 radical (unpaired) electrons. The Bertz CT molecular complexity index is 674. The van der Waals surface area contributed by atoms with E-state index in [4.69, 9.17) is 26.9 Å². The smallest absolute Gasteiger partial charge is 0.265 e. The number of benzene rings is 1. The molecule has 0 aliphatic heterocycles. The highest BCUT2D eigenvalue weighted by Crippen LogP contribution is 2.27. The summed E-state index contributed by atoms with van der Waals surface area (Å²) >= 11 is 7.41. The van der Waals surface area contributed by atoms with Gasteiger partial charge in [0.1, 0.15) is 5.75 Å². The van der Waals surface area contributed by atoms with Crippen LogP contribution in [0, 0.1) is 0 Å². The van der Waals surface area contributed by atoms with E-state index in [0.717, 1.165) is 4.88 Å². The molecule has 0 aliphatic rings. The van der Waals surface area contributed by atoms with Crippen LogP contribution in [-0.2, 0) is 9.63 Å². The van der Waals surface area contributed by atoms with Gasteiger partial charge in [0.05, 0.1) is 17.0 Å². The van der Waals surface area contributed by atoms with E-state index >= 15 is 0 Å². The number of carbonyl (C=O) groups excluding carboxylic acids is 1. The number of amidine groups is 1. The lowest BCUT2D eigenvalue weighted by atomic mass is 10.3. The number of halogens is 1. The molecule has 1 amide bonds. The van der Waals surface area contributed by atoms with E-state index in [9.17, 15) is 4.79 Å². The highest BCUT2D eigenvalue weighted by atomic mass is 35.5. The van der Waals surface area contributed by atoms with Gasteiger partial charge < -0.3 is 20.6 Å². The maximum Gasteiger partial charge on any atom is 0.265 e. The van der Waals surface area contributed by atoms with Gasteiger partial charge in [0.15, 0.2) is 12.4 Å². The topological polar surface area (TPSA) is 85.9 Å². The monoisotopic (exact) mass is 339 g/mol. The average molecular weight is 340 g/mol. The number of anilines is 1. The van der Waals surface area contributed by atoms with Crippen LogP contribution >= 0.6 is 22.9 Å². The van der Waals surface area contributed by atoms with Gasteiger partial charge in [-0.3, -0.25) is 4.79 Å². The van der Waals surface area contributed by atoms with Crippen LogP contribution in [0.15, 0.2) is 40.9 Å². The van der Waals surface area contributed by atoms with Crippen molar-refractivity contribution in [2.75, 3.05) is 19.0 Å². The number of methoxy groups -OCH3 is 1. The molecule has 0 saturated heterocycles. The van der Waals surface area contributed by atoms with Crippen LogP contribution in [0.1, 0.15) is 4.88 Å². The van der Waals surface area contributed by atoms with Gasteiger partial charge in [0, 0.05) is 5.69 Å². The van der Waals surface area contributed by atoms with Crippen LogP contribution < -0.4 is 15.8 Å². The molecule has 0 saturated carbocycles. The predicted molar refractivity (Wildman–Crippen MR) is 87.6 cm³/mol. The number of thiophene rings is 1. The van der Waals surface area contributed by atoms with E-state index < -0.39 is 0 Å². The van der Waals surface area contributed by atoms with Crippen molar-refractivity contribution < 1.29 is 14.4 Å². The van der Waals surface area contributed by atoms with Crippen LogP contribution in [0.5, 0.6) is 5.75 Å². The molecule has 0 bridgehead atoms. The van der Waals surface area contributed by atoms with Gasteiger partial charge in [-0.1, -0.05) is 22.8 Å². The summed E-state index contributed by atoms with van der Waals surface area (Å²) in [7, 11) is 1.52.